The molecule has 24 heavy (non-hydrogen) atoms. The van der Waals surface area contributed by atoms with E-state index in [-0.39, 0.29) is 29.8 Å². The van der Waals surface area contributed by atoms with Crippen molar-refractivity contribution >= 4 is 18.3 Å². The predicted octanol–water partition coefficient (Wildman–Crippen LogP) is 2.18. The van der Waals surface area contributed by atoms with Gasteiger partial charge in [-0.3, -0.25) is 4.79 Å². The summed E-state index contributed by atoms with van der Waals surface area (Å²) in [7, 11) is 0. The number of carbonyl (C=O) groups is 1. The number of benzene rings is 1. The molecule has 2 rings (SSSR count). The van der Waals surface area contributed by atoms with Crippen LogP contribution in [0.5, 0.6) is 0 Å². The third-order valence-electron chi connectivity index (χ3n) is 3.07. The van der Waals surface area contributed by atoms with E-state index < -0.39 is 17.6 Å². The van der Waals surface area contributed by atoms with Crippen molar-refractivity contribution in [2.24, 2.45) is 5.73 Å². The molecule has 3 N–H and O–H groups in total. The van der Waals surface area contributed by atoms with Gasteiger partial charge in [-0.15, -0.1) is 17.5 Å². The van der Waals surface area contributed by atoms with Gasteiger partial charge in [-0.25, -0.2) is 4.68 Å². The first-order chi connectivity index (χ1) is 10.8. The lowest BCUT2D eigenvalue weighted by molar-refractivity contribution is -0.137. The van der Waals surface area contributed by atoms with E-state index >= 15 is 0 Å². The van der Waals surface area contributed by atoms with E-state index in [1.165, 1.54) is 18.2 Å². The number of para-hydroxylation sites is 1. The molecule has 1 heterocycles. The summed E-state index contributed by atoms with van der Waals surface area (Å²) < 4.78 is 39.9. The van der Waals surface area contributed by atoms with Crippen LogP contribution in [0.2, 0.25) is 0 Å². The minimum atomic E-state index is -4.53. The van der Waals surface area contributed by atoms with Crippen LogP contribution in [-0.4, -0.2) is 33.5 Å². The van der Waals surface area contributed by atoms with Gasteiger partial charge in [0.15, 0.2) is 5.69 Å². The van der Waals surface area contributed by atoms with E-state index in [0.29, 0.717) is 13.0 Å². The van der Waals surface area contributed by atoms with Crippen LogP contribution in [0.3, 0.4) is 0 Å². The molecule has 10 heteroatoms. The summed E-state index contributed by atoms with van der Waals surface area (Å²) in [4.78, 5) is 11.9. The minimum Gasteiger partial charge on any atom is -0.351 e. The van der Waals surface area contributed by atoms with Gasteiger partial charge in [0.1, 0.15) is 0 Å². The second kappa shape index (κ2) is 8.11. The van der Waals surface area contributed by atoms with Gasteiger partial charge >= 0.3 is 6.18 Å². The fraction of sp³-hybridized carbons (Fsp3) is 0.357. The topological polar surface area (TPSA) is 85.8 Å². The van der Waals surface area contributed by atoms with Crippen LogP contribution >= 0.6 is 12.4 Å². The monoisotopic (exact) mass is 363 g/mol. The summed E-state index contributed by atoms with van der Waals surface area (Å²) in [5.74, 6) is -0.513. The maximum Gasteiger partial charge on any atom is 0.418 e. The highest BCUT2D eigenvalue weighted by atomic mass is 35.5. The van der Waals surface area contributed by atoms with Crippen molar-refractivity contribution < 1.29 is 18.0 Å². The largest absolute Gasteiger partial charge is 0.418 e. The van der Waals surface area contributed by atoms with Crippen LogP contribution < -0.4 is 11.1 Å². The molecule has 0 bridgehead atoms. The van der Waals surface area contributed by atoms with Gasteiger partial charge in [0.25, 0.3) is 5.91 Å². The van der Waals surface area contributed by atoms with E-state index in [1.807, 2.05) is 0 Å². The van der Waals surface area contributed by atoms with E-state index in [9.17, 15) is 18.0 Å². The standard InChI is InChI=1S/C14H16F3N5O.ClH/c1-9(18)6-7-19-13(23)11-8-22(21-20-11)12-5-3-2-4-10(12)14(15,16)17;/h2-5,8-9H,6-7,18H2,1H3,(H,19,23);1H. The molecular weight excluding hydrogens is 347 g/mol. The summed E-state index contributed by atoms with van der Waals surface area (Å²) in [6.45, 7) is 2.15. The number of aromatic nitrogens is 3. The second-order valence-electron chi connectivity index (χ2n) is 5.09. The number of halogens is 4. The second-order valence-corrected chi connectivity index (χ2v) is 5.09. The minimum absolute atomic E-state index is 0. The lowest BCUT2D eigenvalue weighted by Crippen LogP contribution is -2.29. The number of nitrogens with zero attached hydrogens (tertiary/aromatic N) is 3. The molecular formula is C14H17ClF3N5O. The Morgan fingerprint density at radius 2 is 2.04 bits per heavy atom. The summed E-state index contributed by atoms with van der Waals surface area (Å²) in [5.41, 5.74) is 4.46. The Hall–Kier alpha value is -2.13. The van der Waals surface area contributed by atoms with Crippen molar-refractivity contribution in [1.82, 2.24) is 20.3 Å². The van der Waals surface area contributed by atoms with Crippen LogP contribution in [-0.2, 0) is 6.18 Å². The molecule has 0 aliphatic rings. The molecule has 0 spiro atoms. The fourth-order valence-electron chi connectivity index (χ4n) is 1.90. The van der Waals surface area contributed by atoms with Crippen molar-refractivity contribution in [1.29, 1.82) is 0 Å². The summed E-state index contributed by atoms with van der Waals surface area (Å²) >= 11 is 0. The molecule has 1 amide bonds. The third-order valence-corrected chi connectivity index (χ3v) is 3.07. The number of rotatable bonds is 5. The SMILES string of the molecule is CC(N)CCNC(=O)c1cn(-c2ccccc2C(F)(F)F)nn1.Cl. The Morgan fingerprint density at radius 3 is 2.67 bits per heavy atom. The first kappa shape index (κ1) is 19.9. The Bertz CT molecular complexity index is 687. The molecule has 0 aliphatic heterocycles. The van der Waals surface area contributed by atoms with Gasteiger partial charge in [0, 0.05) is 12.6 Å². The Morgan fingerprint density at radius 1 is 1.38 bits per heavy atom. The molecule has 1 aromatic carbocycles. The zero-order valence-electron chi connectivity index (χ0n) is 12.7. The average molecular weight is 364 g/mol. The molecule has 1 unspecified atom stereocenters. The number of amides is 1. The zero-order valence-corrected chi connectivity index (χ0v) is 13.6. The first-order valence-electron chi connectivity index (χ1n) is 6.91. The Kier molecular flexibility index (Phi) is 6.73. The highest BCUT2D eigenvalue weighted by molar-refractivity contribution is 5.91. The summed E-state index contributed by atoms with van der Waals surface area (Å²) in [5, 5.41) is 9.80. The number of nitrogens with one attached hydrogen (secondary N) is 1. The molecule has 6 nitrogen and oxygen atoms in total. The van der Waals surface area contributed by atoms with Crippen LogP contribution in [0.4, 0.5) is 13.2 Å². The molecule has 2 aromatic rings. The van der Waals surface area contributed by atoms with Crippen molar-refractivity contribution in [3.05, 3.63) is 41.7 Å². The number of alkyl halides is 3. The number of hydrogen-bond acceptors (Lipinski definition) is 4. The van der Waals surface area contributed by atoms with Gasteiger partial charge in [0.2, 0.25) is 0 Å². The van der Waals surface area contributed by atoms with E-state index in [0.717, 1.165) is 16.9 Å². The lowest BCUT2D eigenvalue weighted by atomic mass is 10.1. The third kappa shape index (κ3) is 4.93. The summed E-state index contributed by atoms with van der Waals surface area (Å²) in [6.07, 6.45) is -2.79. The zero-order chi connectivity index (χ0) is 17.0. The molecule has 0 saturated carbocycles. The first-order valence-corrected chi connectivity index (χ1v) is 6.91. The average Bonchev–Trinajstić information content (AvgIpc) is 2.95. The van der Waals surface area contributed by atoms with Gasteiger partial charge < -0.3 is 11.1 Å². The van der Waals surface area contributed by atoms with Crippen molar-refractivity contribution in [3.63, 3.8) is 0 Å². The van der Waals surface area contributed by atoms with Crippen LogP contribution in [0, 0.1) is 0 Å². The van der Waals surface area contributed by atoms with Gasteiger partial charge in [-0.1, -0.05) is 17.3 Å². The number of hydrogen-bond donors (Lipinski definition) is 2. The molecule has 1 atom stereocenters. The molecule has 0 saturated heterocycles. The number of nitrogens with two attached hydrogens (primary N) is 1. The van der Waals surface area contributed by atoms with Crippen molar-refractivity contribution in [2.75, 3.05) is 6.54 Å². The molecule has 0 radical (unpaired) electrons. The highest BCUT2D eigenvalue weighted by Gasteiger charge is 2.34. The normalized spacial score (nSPS) is 12.4. The number of carbonyl (C=O) groups excluding carboxylic acids is 1. The summed E-state index contributed by atoms with van der Waals surface area (Å²) in [6, 6.07) is 4.87. The van der Waals surface area contributed by atoms with Crippen molar-refractivity contribution in [2.45, 2.75) is 25.6 Å². The maximum atomic E-state index is 13.0. The van der Waals surface area contributed by atoms with E-state index in [1.54, 1.807) is 6.92 Å². The van der Waals surface area contributed by atoms with Crippen LogP contribution in [0.25, 0.3) is 5.69 Å². The van der Waals surface area contributed by atoms with Crippen molar-refractivity contribution in [3.8, 4) is 5.69 Å². The van der Waals surface area contributed by atoms with E-state index in [2.05, 4.69) is 15.6 Å². The molecule has 0 fully saturated rings. The Balaban J connectivity index is 0.00000288. The molecule has 1 aromatic heterocycles. The lowest BCUT2D eigenvalue weighted by Gasteiger charge is -2.11. The van der Waals surface area contributed by atoms with Gasteiger partial charge in [-0.05, 0) is 25.5 Å². The van der Waals surface area contributed by atoms with Gasteiger partial charge in [-0.2, -0.15) is 13.2 Å². The molecule has 132 valence electrons. The predicted molar refractivity (Wildman–Crippen MR) is 84.2 cm³/mol. The quantitative estimate of drug-likeness (QED) is 0.852. The van der Waals surface area contributed by atoms with Crippen LogP contribution in [0.1, 0.15) is 29.4 Å². The fourth-order valence-corrected chi connectivity index (χ4v) is 1.90. The Labute approximate surface area is 142 Å². The molecule has 0 aliphatic carbocycles. The smallest absolute Gasteiger partial charge is 0.351 e. The maximum absolute atomic E-state index is 13.0. The van der Waals surface area contributed by atoms with Crippen LogP contribution in [0.15, 0.2) is 30.5 Å². The van der Waals surface area contributed by atoms with Gasteiger partial charge in [0.05, 0.1) is 17.4 Å². The highest BCUT2D eigenvalue weighted by Crippen LogP contribution is 2.33. The van der Waals surface area contributed by atoms with E-state index in [4.69, 9.17) is 5.73 Å².